The molecule has 2 unspecified atom stereocenters. The van der Waals surface area contributed by atoms with Gasteiger partial charge in [0.25, 0.3) is 0 Å². The van der Waals surface area contributed by atoms with Gasteiger partial charge < -0.3 is 34.8 Å². The van der Waals surface area contributed by atoms with E-state index in [0.717, 1.165) is 0 Å². The van der Waals surface area contributed by atoms with Crippen LogP contribution in [-0.4, -0.2) is 126 Å². The molecule has 0 amide bonds. The normalized spacial score (nSPS) is 21.1. The van der Waals surface area contributed by atoms with Gasteiger partial charge in [-0.25, -0.2) is 0 Å². The lowest BCUT2D eigenvalue weighted by atomic mass is 10.2. The average Bonchev–Trinajstić information content (AvgIpc) is 2.64. The summed E-state index contributed by atoms with van der Waals surface area (Å²) in [5, 5.41) is 42.8. The van der Waals surface area contributed by atoms with E-state index in [9.17, 15) is 39.6 Å². The van der Waals surface area contributed by atoms with E-state index in [1.54, 1.807) is 19.6 Å². The molecular weight excluding hydrogens is 400 g/mol. The van der Waals surface area contributed by atoms with Gasteiger partial charge in [0, 0.05) is 71.5 Å². The zero-order chi connectivity index (χ0) is 22.8. The van der Waals surface area contributed by atoms with Crippen LogP contribution in [0.15, 0.2) is 0 Å². The van der Waals surface area contributed by atoms with Crippen LogP contribution in [0.25, 0.3) is 0 Å². The summed E-state index contributed by atoms with van der Waals surface area (Å²) in [6, 6.07) is -1.80. The van der Waals surface area contributed by atoms with E-state index in [4.69, 9.17) is 0 Å². The standard InChI is InChI=1S/C18H32N4O8/c1-13(17(27)28)21-7-5-19(11-15(23)24)3-4-20(12-16(25)26)6-8-22(10-9-21)14(2)18(29)30/h13-14H,3-12H2,1-2H3,(H,23,24)(H,25,26)(H,27,28)(H,29,30)/p-3. The molecule has 1 N–H and O–H groups in total. The number of hydrogen-bond acceptors (Lipinski definition) is 11. The van der Waals surface area contributed by atoms with Gasteiger partial charge in [-0.2, -0.15) is 0 Å². The fraction of sp³-hybridized carbons (Fsp3) is 0.778. The number of aliphatic carboxylic acids is 4. The van der Waals surface area contributed by atoms with E-state index in [-0.39, 0.29) is 65.4 Å². The molecular formula is C18H29N4O8-3. The van der Waals surface area contributed by atoms with Crippen molar-refractivity contribution in [2.24, 2.45) is 0 Å². The Labute approximate surface area is 175 Å². The van der Waals surface area contributed by atoms with Crippen molar-refractivity contribution in [2.45, 2.75) is 25.9 Å². The molecule has 0 saturated carbocycles. The fourth-order valence-corrected chi connectivity index (χ4v) is 3.29. The van der Waals surface area contributed by atoms with Crippen LogP contribution in [0.4, 0.5) is 0 Å². The highest BCUT2D eigenvalue weighted by Gasteiger charge is 2.24. The van der Waals surface area contributed by atoms with E-state index < -0.39 is 36.0 Å². The second-order valence-electron chi connectivity index (χ2n) is 7.38. The summed E-state index contributed by atoms with van der Waals surface area (Å²) in [7, 11) is 0. The Balaban J connectivity index is 3.06. The molecule has 1 saturated heterocycles. The third-order valence-electron chi connectivity index (χ3n) is 5.31. The maximum atomic E-state index is 11.5. The summed E-state index contributed by atoms with van der Waals surface area (Å²) in [6.45, 7) is 3.94. The second-order valence-corrected chi connectivity index (χ2v) is 7.38. The Morgan fingerprint density at radius 1 is 0.700 bits per heavy atom. The highest BCUT2D eigenvalue weighted by molar-refractivity contribution is 5.73. The first kappa shape index (κ1) is 25.8. The van der Waals surface area contributed by atoms with E-state index in [1.807, 2.05) is 0 Å². The maximum absolute atomic E-state index is 11.5. The fourth-order valence-electron chi connectivity index (χ4n) is 3.29. The lowest BCUT2D eigenvalue weighted by Gasteiger charge is -2.37. The number of carboxylic acid groups (broad SMARTS) is 4. The topological polar surface area (TPSA) is 171 Å². The molecule has 12 nitrogen and oxygen atoms in total. The molecule has 2 atom stereocenters. The predicted octanol–water partition coefficient (Wildman–Crippen LogP) is -5.68. The van der Waals surface area contributed by atoms with E-state index in [2.05, 4.69) is 0 Å². The van der Waals surface area contributed by atoms with Gasteiger partial charge in [-0.05, 0) is 13.8 Å². The molecule has 1 heterocycles. The summed E-state index contributed by atoms with van der Waals surface area (Å²) in [6.07, 6.45) is 0. The number of nitrogens with zero attached hydrogens (tertiary/aromatic N) is 4. The first-order chi connectivity index (χ1) is 14.0. The summed E-state index contributed by atoms with van der Waals surface area (Å²) < 4.78 is 0. The molecule has 0 aromatic carbocycles. The van der Waals surface area contributed by atoms with Crippen LogP contribution in [0, 0.1) is 0 Å². The first-order valence-electron chi connectivity index (χ1n) is 9.77. The third-order valence-corrected chi connectivity index (χ3v) is 5.31. The summed E-state index contributed by atoms with van der Waals surface area (Å²) >= 11 is 0. The molecule has 0 aliphatic carbocycles. The maximum Gasteiger partial charge on any atom is 0.320 e. The van der Waals surface area contributed by atoms with Crippen LogP contribution >= 0.6 is 0 Å². The van der Waals surface area contributed by atoms with E-state index >= 15 is 0 Å². The lowest BCUT2D eigenvalue weighted by molar-refractivity contribution is -0.312. The Hall–Kier alpha value is -2.28. The Morgan fingerprint density at radius 2 is 1.03 bits per heavy atom. The molecule has 0 radical (unpaired) electrons. The Morgan fingerprint density at radius 3 is 1.37 bits per heavy atom. The number of carbonyl (C=O) groups excluding carboxylic acids is 3. The van der Waals surface area contributed by atoms with Crippen molar-refractivity contribution in [3.63, 3.8) is 0 Å². The summed E-state index contributed by atoms with van der Waals surface area (Å²) in [5.74, 6) is -4.92. The Bertz CT molecular complexity index is 565. The summed E-state index contributed by atoms with van der Waals surface area (Å²) in [5.41, 5.74) is 0. The zero-order valence-electron chi connectivity index (χ0n) is 17.3. The minimum absolute atomic E-state index is 0.207. The van der Waals surface area contributed by atoms with Gasteiger partial charge in [-0.3, -0.25) is 24.4 Å². The first-order valence-corrected chi connectivity index (χ1v) is 9.77. The zero-order valence-corrected chi connectivity index (χ0v) is 17.3. The molecule has 1 aliphatic rings. The van der Waals surface area contributed by atoms with Crippen LogP contribution in [0.2, 0.25) is 0 Å². The van der Waals surface area contributed by atoms with Gasteiger partial charge in [0.05, 0.1) is 17.9 Å². The predicted molar refractivity (Wildman–Crippen MR) is 97.6 cm³/mol. The van der Waals surface area contributed by atoms with Crippen LogP contribution < -0.4 is 15.3 Å². The molecule has 0 aromatic rings. The smallest absolute Gasteiger partial charge is 0.320 e. The SMILES string of the molecule is CC(C(=O)[O-])N1CCN(CC(=O)[O-])CCN(CC(=O)[O-])CCN(C(C)C(=O)O)CC1. The van der Waals surface area contributed by atoms with Gasteiger partial charge in [0.1, 0.15) is 6.04 Å². The summed E-state index contributed by atoms with van der Waals surface area (Å²) in [4.78, 5) is 51.3. The van der Waals surface area contributed by atoms with Crippen molar-refractivity contribution in [3.8, 4) is 0 Å². The molecule has 1 aliphatic heterocycles. The van der Waals surface area contributed by atoms with Gasteiger partial charge in [0.15, 0.2) is 0 Å². The lowest BCUT2D eigenvalue weighted by Crippen LogP contribution is -2.55. The Kier molecular flexibility index (Phi) is 10.7. The van der Waals surface area contributed by atoms with Crippen molar-refractivity contribution < 1.29 is 39.6 Å². The third kappa shape index (κ3) is 9.03. The molecule has 12 heteroatoms. The average molecular weight is 429 g/mol. The highest BCUT2D eigenvalue weighted by Crippen LogP contribution is 2.07. The minimum Gasteiger partial charge on any atom is -0.549 e. The van der Waals surface area contributed by atoms with Crippen molar-refractivity contribution in [1.29, 1.82) is 0 Å². The quantitative estimate of drug-likeness (QED) is 0.388. The molecule has 172 valence electrons. The van der Waals surface area contributed by atoms with Crippen molar-refractivity contribution in [1.82, 2.24) is 19.6 Å². The molecule has 0 aromatic heterocycles. The van der Waals surface area contributed by atoms with Crippen LogP contribution in [0.1, 0.15) is 13.8 Å². The van der Waals surface area contributed by atoms with Crippen LogP contribution in [0.3, 0.4) is 0 Å². The van der Waals surface area contributed by atoms with Gasteiger partial charge in [0.2, 0.25) is 0 Å². The minimum atomic E-state index is -1.30. The number of carbonyl (C=O) groups is 4. The van der Waals surface area contributed by atoms with Crippen molar-refractivity contribution in [3.05, 3.63) is 0 Å². The van der Waals surface area contributed by atoms with Gasteiger partial charge >= 0.3 is 5.97 Å². The van der Waals surface area contributed by atoms with Crippen LogP contribution in [0.5, 0.6) is 0 Å². The largest absolute Gasteiger partial charge is 0.549 e. The van der Waals surface area contributed by atoms with E-state index in [1.165, 1.54) is 13.8 Å². The number of rotatable bonds is 8. The molecule has 0 spiro atoms. The molecule has 1 rings (SSSR count). The molecule has 30 heavy (non-hydrogen) atoms. The monoisotopic (exact) mass is 429 g/mol. The molecule has 0 bridgehead atoms. The van der Waals surface area contributed by atoms with Gasteiger partial charge in [-0.1, -0.05) is 0 Å². The second kappa shape index (κ2) is 12.4. The highest BCUT2D eigenvalue weighted by atomic mass is 16.4. The number of hydrogen-bond donors (Lipinski definition) is 1. The van der Waals surface area contributed by atoms with Crippen molar-refractivity contribution in [2.75, 3.05) is 65.4 Å². The number of carboxylic acids is 4. The molecule has 1 fully saturated rings. The van der Waals surface area contributed by atoms with Crippen molar-refractivity contribution >= 4 is 23.9 Å². The van der Waals surface area contributed by atoms with E-state index in [0.29, 0.717) is 0 Å². The van der Waals surface area contributed by atoms with Gasteiger partial charge in [-0.15, -0.1) is 0 Å². The van der Waals surface area contributed by atoms with Crippen LogP contribution in [-0.2, 0) is 19.2 Å².